The first kappa shape index (κ1) is 22.4. The fourth-order valence-corrected chi connectivity index (χ4v) is 4.22. The predicted molar refractivity (Wildman–Crippen MR) is 108 cm³/mol. The smallest absolute Gasteiger partial charge is 0.216 e. The summed E-state index contributed by atoms with van der Waals surface area (Å²) >= 11 is 0. The van der Waals surface area contributed by atoms with E-state index < -0.39 is 10.0 Å². The average Bonchev–Trinajstić information content (AvgIpc) is 3.45. The van der Waals surface area contributed by atoms with Gasteiger partial charge in [-0.3, -0.25) is 4.99 Å². The number of hydrogen-bond acceptors (Lipinski definition) is 5. The van der Waals surface area contributed by atoms with Crippen LogP contribution >= 0.6 is 0 Å². The minimum atomic E-state index is -3.26. The van der Waals surface area contributed by atoms with Crippen LogP contribution < -0.4 is 5.32 Å². The normalized spacial score (nSPS) is 19.7. The van der Waals surface area contributed by atoms with Gasteiger partial charge < -0.3 is 19.7 Å². The third-order valence-corrected chi connectivity index (χ3v) is 6.57. The van der Waals surface area contributed by atoms with Gasteiger partial charge >= 0.3 is 0 Å². The lowest BCUT2D eigenvalue weighted by Crippen LogP contribution is -2.54. The molecule has 158 valence electrons. The SMILES string of the molecule is CN=C(NCCCOCC1CC1)N1CCN(S(=O)(=O)CCOC(C)C)CC1. The van der Waals surface area contributed by atoms with Crippen LogP contribution in [0.1, 0.15) is 33.1 Å². The lowest BCUT2D eigenvalue weighted by molar-refractivity contribution is 0.0904. The van der Waals surface area contributed by atoms with E-state index in [4.69, 9.17) is 9.47 Å². The molecule has 8 nitrogen and oxygen atoms in total. The first-order chi connectivity index (χ1) is 12.9. The number of rotatable bonds is 11. The Balaban J connectivity index is 1.64. The fraction of sp³-hybridized carbons (Fsp3) is 0.944. The van der Waals surface area contributed by atoms with Crippen LogP contribution in [0.15, 0.2) is 4.99 Å². The molecule has 2 rings (SSSR count). The highest BCUT2D eigenvalue weighted by molar-refractivity contribution is 7.89. The quantitative estimate of drug-likeness (QED) is 0.311. The summed E-state index contributed by atoms with van der Waals surface area (Å²) in [5.41, 5.74) is 0. The van der Waals surface area contributed by atoms with Crippen molar-refractivity contribution < 1.29 is 17.9 Å². The van der Waals surface area contributed by atoms with Crippen LogP contribution in [0.4, 0.5) is 0 Å². The van der Waals surface area contributed by atoms with Crippen molar-refractivity contribution >= 4 is 16.0 Å². The molecule has 1 N–H and O–H groups in total. The van der Waals surface area contributed by atoms with Crippen LogP contribution in [0, 0.1) is 5.92 Å². The van der Waals surface area contributed by atoms with Crippen molar-refractivity contribution in [2.75, 3.05) is 65.3 Å². The Labute approximate surface area is 164 Å². The highest BCUT2D eigenvalue weighted by atomic mass is 32.2. The van der Waals surface area contributed by atoms with E-state index >= 15 is 0 Å². The van der Waals surface area contributed by atoms with Crippen molar-refractivity contribution in [3.8, 4) is 0 Å². The van der Waals surface area contributed by atoms with Crippen LogP contribution in [0.25, 0.3) is 0 Å². The molecule has 0 aromatic heterocycles. The van der Waals surface area contributed by atoms with Gasteiger partial charge in [0.25, 0.3) is 0 Å². The third-order valence-electron chi connectivity index (χ3n) is 4.73. The summed E-state index contributed by atoms with van der Waals surface area (Å²) in [4.78, 5) is 6.44. The first-order valence-corrected chi connectivity index (χ1v) is 11.7. The Bertz CT molecular complexity index is 556. The summed E-state index contributed by atoms with van der Waals surface area (Å²) in [6.07, 6.45) is 3.62. The number of nitrogens with one attached hydrogen (secondary N) is 1. The highest BCUT2D eigenvalue weighted by Crippen LogP contribution is 2.28. The molecule has 1 saturated carbocycles. The van der Waals surface area contributed by atoms with E-state index in [2.05, 4.69) is 15.2 Å². The second kappa shape index (κ2) is 11.2. The van der Waals surface area contributed by atoms with Crippen molar-refractivity contribution in [1.29, 1.82) is 0 Å². The Morgan fingerprint density at radius 1 is 1.19 bits per heavy atom. The molecule has 1 saturated heterocycles. The first-order valence-electron chi connectivity index (χ1n) is 10.0. The Morgan fingerprint density at radius 3 is 2.48 bits per heavy atom. The van der Waals surface area contributed by atoms with E-state index in [1.165, 1.54) is 12.8 Å². The molecule has 2 fully saturated rings. The maximum atomic E-state index is 12.4. The van der Waals surface area contributed by atoms with E-state index in [0.29, 0.717) is 26.2 Å². The van der Waals surface area contributed by atoms with E-state index in [0.717, 1.165) is 38.1 Å². The number of ether oxygens (including phenoxy) is 2. The molecule has 0 amide bonds. The molecular weight excluding hydrogens is 368 g/mol. The Hall–Kier alpha value is -0.900. The second-order valence-electron chi connectivity index (χ2n) is 7.47. The lowest BCUT2D eigenvalue weighted by Gasteiger charge is -2.35. The maximum Gasteiger partial charge on any atom is 0.216 e. The number of sulfonamides is 1. The van der Waals surface area contributed by atoms with Gasteiger partial charge in [-0.25, -0.2) is 8.42 Å². The third kappa shape index (κ3) is 8.33. The Kier molecular flexibility index (Phi) is 9.28. The largest absolute Gasteiger partial charge is 0.381 e. The van der Waals surface area contributed by atoms with Gasteiger partial charge in [-0.05, 0) is 39.0 Å². The van der Waals surface area contributed by atoms with Crippen molar-refractivity contribution in [3.63, 3.8) is 0 Å². The van der Waals surface area contributed by atoms with Gasteiger partial charge in [0.05, 0.1) is 18.5 Å². The summed E-state index contributed by atoms with van der Waals surface area (Å²) in [6.45, 7) is 8.77. The van der Waals surface area contributed by atoms with Crippen molar-refractivity contribution in [3.05, 3.63) is 0 Å². The zero-order valence-corrected chi connectivity index (χ0v) is 17.8. The van der Waals surface area contributed by atoms with E-state index in [1.54, 1.807) is 11.4 Å². The summed E-state index contributed by atoms with van der Waals surface area (Å²) in [6, 6.07) is 0. The molecule has 0 aromatic rings. The fourth-order valence-electron chi connectivity index (χ4n) is 2.94. The number of aliphatic imine (C=N–C) groups is 1. The Morgan fingerprint density at radius 2 is 1.89 bits per heavy atom. The van der Waals surface area contributed by atoms with Crippen molar-refractivity contribution in [1.82, 2.24) is 14.5 Å². The number of piperazine rings is 1. The van der Waals surface area contributed by atoms with E-state index in [9.17, 15) is 8.42 Å². The lowest BCUT2D eigenvalue weighted by atomic mass is 10.4. The zero-order valence-electron chi connectivity index (χ0n) is 17.0. The molecular formula is C18H36N4O4S. The number of hydrogen-bond donors (Lipinski definition) is 1. The van der Waals surface area contributed by atoms with Gasteiger partial charge in [0.15, 0.2) is 5.96 Å². The zero-order chi connectivity index (χ0) is 19.7. The molecule has 0 unspecified atom stereocenters. The molecule has 0 bridgehead atoms. The van der Waals surface area contributed by atoms with Gasteiger partial charge in [0.2, 0.25) is 10.0 Å². The minimum Gasteiger partial charge on any atom is -0.381 e. The highest BCUT2D eigenvalue weighted by Gasteiger charge is 2.28. The van der Waals surface area contributed by atoms with Crippen molar-refractivity contribution in [2.45, 2.75) is 39.2 Å². The molecule has 0 radical (unpaired) electrons. The average molecular weight is 405 g/mol. The molecule has 0 aromatic carbocycles. The van der Waals surface area contributed by atoms with Crippen LogP contribution in [-0.2, 0) is 19.5 Å². The van der Waals surface area contributed by atoms with Crippen LogP contribution in [0.3, 0.4) is 0 Å². The summed E-state index contributed by atoms with van der Waals surface area (Å²) < 4.78 is 37.4. The second-order valence-corrected chi connectivity index (χ2v) is 9.56. The number of guanidine groups is 1. The molecule has 1 aliphatic carbocycles. The topological polar surface area (TPSA) is 83.5 Å². The number of nitrogens with zero attached hydrogens (tertiary/aromatic N) is 3. The van der Waals surface area contributed by atoms with Crippen molar-refractivity contribution in [2.24, 2.45) is 10.9 Å². The van der Waals surface area contributed by atoms with Gasteiger partial charge in [-0.1, -0.05) is 0 Å². The van der Waals surface area contributed by atoms with Crippen LogP contribution in [-0.4, -0.2) is 95.0 Å². The maximum absolute atomic E-state index is 12.4. The molecule has 1 aliphatic heterocycles. The predicted octanol–water partition coefficient (Wildman–Crippen LogP) is 0.751. The van der Waals surface area contributed by atoms with E-state index in [-0.39, 0.29) is 18.5 Å². The van der Waals surface area contributed by atoms with E-state index in [1.807, 2.05) is 13.8 Å². The summed E-state index contributed by atoms with van der Waals surface area (Å²) in [7, 11) is -1.50. The molecule has 0 atom stereocenters. The summed E-state index contributed by atoms with van der Waals surface area (Å²) in [5.74, 6) is 1.67. The van der Waals surface area contributed by atoms with Gasteiger partial charge in [-0.15, -0.1) is 0 Å². The molecule has 0 spiro atoms. The standard InChI is InChI=1S/C18H36N4O4S/c1-16(2)26-13-14-27(23,24)22-10-8-21(9-11-22)18(19-3)20-7-4-12-25-15-17-5-6-17/h16-17H,4-15H2,1-3H3,(H,19,20). The molecule has 27 heavy (non-hydrogen) atoms. The van der Waals surface area contributed by atoms with Gasteiger partial charge in [0, 0.05) is 53.0 Å². The van der Waals surface area contributed by atoms with Gasteiger partial charge in [-0.2, -0.15) is 4.31 Å². The van der Waals surface area contributed by atoms with Gasteiger partial charge in [0.1, 0.15) is 0 Å². The molecule has 2 aliphatic rings. The minimum absolute atomic E-state index is 0.0407. The monoisotopic (exact) mass is 404 g/mol. The molecule has 9 heteroatoms. The summed E-state index contributed by atoms with van der Waals surface area (Å²) in [5, 5.41) is 3.35. The van der Waals surface area contributed by atoms with Crippen LogP contribution in [0.2, 0.25) is 0 Å². The van der Waals surface area contributed by atoms with Crippen LogP contribution in [0.5, 0.6) is 0 Å². The molecule has 1 heterocycles.